The van der Waals surface area contributed by atoms with E-state index in [1.54, 1.807) is 0 Å². The van der Waals surface area contributed by atoms with Gasteiger partial charge in [-0.25, -0.2) is 0 Å². The molecule has 0 bridgehead atoms. The molecule has 0 heterocycles. The Hall–Kier alpha value is 0.650. The zero-order valence-electron chi connectivity index (χ0n) is 9.75. The van der Waals surface area contributed by atoms with Gasteiger partial charge in [0.05, 0.1) is 6.10 Å². The van der Waals surface area contributed by atoms with Crippen molar-refractivity contribution in [3.8, 4) is 0 Å². The minimum atomic E-state index is -0.0678. The van der Waals surface area contributed by atoms with E-state index in [2.05, 4.69) is 36.4 Å². The van der Waals surface area contributed by atoms with Gasteiger partial charge in [0.1, 0.15) is 0 Å². The summed E-state index contributed by atoms with van der Waals surface area (Å²) in [5.41, 5.74) is 0. The lowest BCUT2D eigenvalue weighted by Gasteiger charge is -2.21. The molecule has 0 saturated heterocycles. The molecule has 0 spiro atoms. The molecule has 0 radical (unpaired) electrons. The lowest BCUT2D eigenvalue weighted by Crippen LogP contribution is -2.21. The van der Waals surface area contributed by atoms with Crippen molar-refractivity contribution in [2.24, 2.45) is 5.92 Å². The van der Waals surface area contributed by atoms with Crippen LogP contribution in [0.25, 0.3) is 0 Å². The SMILES string of the molecule is CCOC(C)OC(C)C[C@H](C)CCI. The van der Waals surface area contributed by atoms with Crippen molar-refractivity contribution in [2.75, 3.05) is 11.0 Å². The second-order valence-corrected chi connectivity index (χ2v) is 4.87. The minimum absolute atomic E-state index is 0.0678. The maximum atomic E-state index is 5.68. The Labute approximate surface area is 102 Å². The molecular weight excluding hydrogens is 291 g/mol. The van der Waals surface area contributed by atoms with Crippen LogP contribution >= 0.6 is 22.6 Å². The molecule has 0 aliphatic rings. The second-order valence-electron chi connectivity index (χ2n) is 3.79. The smallest absolute Gasteiger partial charge is 0.155 e. The van der Waals surface area contributed by atoms with Crippen molar-refractivity contribution >= 4 is 22.6 Å². The standard InChI is InChI=1S/C11H23IO2/c1-5-13-11(4)14-10(3)8-9(2)6-7-12/h9-11H,5-8H2,1-4H3/t9-,10?,11?/m1/s1. The van der Waals surface area contributed by atoms with Crippen molar-refractivity contribution in [3.05, 3.63) is 0 Å². The molecule has 2 nitrogen and oxygen atoms in total. The second kappa shape index (κ2) is 8.92. The van der Waals surface area contributed by atoms with Crippen LogP contribution < -0.4 is 0 Å². The molecule has 0 N–H and O–H groups in total. The fourth-order valence-corrected chi connectivity index (χ4v) is 2.59. The van der Waals surface area contributed by atoms with E-state index < -0.39 is 0 Å². The number of rotatable bonds is 8. The maximum absolute atomic E-state index is 5.68. The van der Waals surface area contributed by atoms with E-state index in [4.69, 9.17) is 9.47 Å². The predicted octanol–water partition coefficient (Wildman–Crippen LogP) is 3.63. The van der Waals surface area contributed by atoms with Crippen LogP contribution in [-0.2, 0) is 9.47 Å². The number of halogens is 1. The van der Waals surface area contributed by atoms with Crippen LogP contribution in [0.2, 0.25) is 0 Å². The van der Waals surface area contributed by atoms with Gasteiger partial charge in [0.15, 0.2) is 6.29 Å². The first-order valence-electron chi connectivity index (χ1n) is 5.43. The third kappa shape index (κ3) is 8.00. The van der Waals surface area contributed by atoms with Crippen molar-refractivity contribution in [2.45, 2.75) is 52.9 Å². The highest BCUT2D eigenvalue weighted by molar-refractivity contribution is 14.1. The predicted molar refractivity (Wildman–Crippen MR) is 68.9 cm³/mol. The molecule has 0 aromatic carbocycles. The van der Waals surface area contributed by atoms with Crippen LogP contribution in [0.5, 0.6) is 0 Å². The van der Waals surface area contributed by atoms with Gasteiger partial charge in [-0.15, -0.1) is 0 Å². The Bertz CT molecular complexity index is 116. The summed E-state index contributed by atoms with van der Waals surface area (Å²) >= 11 is 2.42. The lowest BCUT2D eigenvalue weighted by atomic mass is 10.0. The third-order valence-corrected chi connectivity index (χ3v) is 2.78. The topological polar surface area (TPSA) is 18.5 Å². The van der Waals surface area contributed by atoms with Crippen LogP contribution in [0.4, 0.5) is 0 Å². The van der Waals surface area contributed by atoms with Crippen LogP contribution in [0.15, 0.2) is 0 Å². The summed E-state index contributed by atoms with van der Waals surface area (Å²) in [6, 6.07) is 0. The first kappa shape index (κ1) is 14.6. The number of hydrogen-bond acceptors (Lipinski definition) is 2. The van der Waals surface area contributed by atoms with Gasteiger partial charge in [0, 0.05) is 6.61 Å². The summed E-state index contributed by atoms with van der Waals surface area (Å²) in [5.74, 6) is 0.746. The lowest BCUT2D eigenvalue weighted by molar-refractivity contribution is -0.156. The third-order valence-electron chi connectivity index (χ3n) is 2.16. The van der Waals surface area contributed by atoms with E-state index in [1.807, 2.05) is 13.8 Å². The number of hydrogen-bond donors (Lipinski definition) is 0. The summed E-state index contributed by atoms with van der Waals surface area (Å²) < 4.78 is 12.2. The quantitative estimate of drug-likeness (QED) is 0.387. The van der Waals surface area contributed by atoms with Crippen LogP contribution in [0.3, 0.4) is 0 Å². The Kier molecular flexibility index (Phi) is 9.33. The molecule has 3 heteroatoms. The van der Waals surface area contributed by atoms with Gasteiger partial charge in [-0.3, -0.25) is 0 Å². The van der Waals surface area contributed by atoms with Crippen LogP contribution in [0.1, 0.15) is 40.5 Å². The number of alkyl halides is 1. The van der Waals surface area contributed by atoms with E-state index >= 15 is 0 Å². The van der Waals surface area contributed by atoms with Gasteiger partial charge in [-0.05, 0) is 44.0 Å². The highest BCUT2D eigenvalue weighted by atomic mass is 127. The highest BCUT2D eigenvalue weighted by Gasteiger charge is 2.11. The van der Waals surface area contributed by atoms with Gasteiger partial charge in [0.25, 0.3) is 0 Å². The molecular formula is C11H23IO2. The van der Waals surface area contributed by atoms with E-state index in [-0.39, 0.29) is 6.29 Å². The van der Waals surface area contributed by atoms with Gasteiger partial charge >= 0.3 is 0 Å². The molecule has 0 aliphatic heterocycles. The molecule has 3 atom stereocenters. The van der Waals surface area contributed by atoms with Gasteiger partial charge in [-0.2, -0.15) is 0 Å². The fraction of sp³-hybridized carbons (Fsp3) is 1.00. The monoisotopic (exact) mass is 314 g/mol. The van der Waals surface area contributed by atoms with Gasteiger partial charge < -0.3 is 9.47 Å². The first-order chi connectivity index (χ1) is 6.60. The summed E-state index contributed by atoms with van der Waals surface area (Å²) in [6.07, 6.45) is 2.63. The van der Waals surface area contributed by atoms with Gasteiger partial charge in [0.2, 0.25) is 0 Å². The molecule has 0 aliphatic carbocycles. The summed E-state index contributed by atoms with van der Waals surface area (Å²) in [7, 11) is 0. The summed E-state index contributed by atoms with van der Waals surface area (Å²) in [5, 5.41) is 0. The Balaban J connectivity index is 3.57. The molecule has 0 saturated carbocycles. The zero-order valence-corrected chi connectivity index (χ0v) is 11.9. The van der Waals surface area contributed by atoms with E-state index in [0.29, 0.717) is 6.10 Å². The zero-order chi connectivity index (χ0) is 11.0. The Morgan fingerprint density at radius 3 is 2.36 bits per heavy atom. The molecule has 86 valence electrons. The van der Waals surface area contributed by atoms with E-state index in [9.17, 15) is 0 Å². The van der Waals surface area contributed by atoms with Gasteiger partial charge in [-0.1, -0.05) is 29.5 Å². The van der Waals surface area contributed by atoms with Crippen LogP contribution in [-0.4, -0.2) is 23.4 Å². The van der Waals surface area contributed by atoms with Crippen molar-refractivity contribution in [3.63, 3.8) is 0 Å². The molecule has 14 heavy (non-hydrogen) atoms. The summed E-state index contributed by atoms with van der Waals surface area (Å²) in [4.78, 5) is 0. The maximum Gasteiger partial charge on any atom is 0.155 e. The van der Waals surface area contributed by atoms with E-state index in [0.717, 1.165) is 18.9 Å². The van der Waals surface area contributed by atoms with Crippen LogP contribution in [0, 0.1) is 5.92 Å². The molecule has 0 amide bonds. The fourth-order valence-electron chi connectivity index (χ4n) is 1.53. The van der Waals surface area contributed by atoms with Crippen molar-refractivity contribution < 1.29 is 9.47 Å². The normalized spacial score (nSPS) is 17.8. The summed E-state index contributed by atoms with van der Waals surface area (Å²) in [6.45, 7) is 9.08. The average molecular weight is 314 g/mol. The number of ether oxygens (including phenoxy) is 2. The van der Waals surface area contributed by atoms with E-state index in [1.165, 1.54) is 10.8 Å². The highest BCUT2D eigenvalue weighted by Crippen LogP contribution is 2.15. The Morgan fingerprint density at radius 2 is 1.86 bits per heavy atom. The Morgan fingerprint density at radius 1 is 1.21 bits per heavy atom. The molecule has 0 fully saturated rings. The molecule has 0 rings (SSSR count). The molecule has 0 aromatic rings. The molecule has 0 aromatic heterocycles. The first-order valence-corrected chi connectivity index (χ1v) is 6.95. The van der Waals surface area contributed by atoms with Crippen molar-refractivity contribution in [1.82, 2.24) is 0 Å². The van der Waals surface area contributed by atoms with Crippen molar-refractivity contribution in [1.29, 1.82) is 0 Å². The minimum Gasteiger partial charge on any atom is -0.353 e. The largest absolute Gasteiger partial charge is 0.353 e. The molecule has 2 unspecified atom stereocenters. The average Bonchev–Trinajstić information content (AvgIpc) is 2.03.